The monoisotopic (exact) mass is 272 g/mol. The molecule has 0 spiro atoms. The lowest BCUT2D eigenvalue weighted by molar-refractivity contribution is -0.125. The summed E-state index contributed by atoms with van der Waals surface area (Å²) in [6.07, 6.45) is 6.53. The van der Waals surface area contributed by atoms with Gasteiger partial charge in [0.25, 0.3) is 0 Å². The van der Waals surface area contributed by atoms with E-state index in [0.717, 1.165) is 38.8 Å². The first-order valence-electron chi connectivity index (χ1n) is 7.91. The van der Waals surface area contributed by atoms with Crippen molar-refractivity contribution >= 4 is 5.91 Å². The SMILES string of the molecule is O=C(NCC[C@@H]1CCCN1)C1CCc2ccccc2C1. The Balaban J connectivity index is 1.46. The summed E-state index contributed by atoms with van der Waals surface area (Å²) >= 11 is 0. The third-order valence-electron chi connectivity index (χ3n) is 4.67. The summed E-state index contributed by atoms with van der Waals surface area (Å²) in [7, 11) is 0. The van der Waals surface area contributed by atoms with Crippen LogP contribution in [0.1, 0.15) is 36.8 Å². The van der Waals surface area contributed by atoms with Crippen molar-refractivity contribution in [2.24, 2.45) is 5.92 Å². The van der Waals surface area contributed by atoms with E-state index in [9.17, 15) is 4.79 Å². The van der Waals surface area contributed by atoms with E-state index in [1.54, 1.807) is 0 Å². The number of amides is 1. The lowest BCUT2D eigenvalue weighted by Crippen LogP contribution is -2.36. The van der Waals surface area contributed by atoms with Crippen LogP contribution in [0.15, 0.2) is 24.3 Å². The molecule has 1 heterocycles. The molecule has 0 bridgehead atoms. The molecule has 2 atom stereocenters. The van der Waals surface area contributed by atoms with Crippen molar-refractivity contribution in [3.63, 3.8) is 0 Å². The van der Waals surface area contributed by atoms with Crippen molar-refractivity contribution in [3.05, 3.63) is 35.4 Å². The second kappa shape index (κ2) is 6.40. The number of carbonyl (C=O) groups is 1. The van der Waals surface area contributed by atoms with Gasteiger partial charge in [0, 0.05) is 18.5 Å². The van der Waals surface area contributed by atoms with Crippen LogP contribution in [-0.4, -0.2) is 25.0 Å². The maximum Gasteiger partial charge on any atom is 0.223 e. The first-order chi connectivity index (χ1) is 9.83. The Labute approximate surface area is 121 Å². The molecule has 1 aromatic rings. The number of hydrogen-bond donors (Lipinski definition) is 2. The predicted molar refractivity (Wildman–Crippen MR) is 80.6 cm³/mol. The van der Waals surface area contributed by atoms with Crippen LogP contribution in [0.5, 0.6) is 0 Å². The fourth-order valence-electron chi connectivity index (χ4n) is 3.44. The Bertz CT molecular complexity index is 466. The van der Waals surface area contributed by atoms with Crippen LogP contribution in [0.4, 0.5) is 0 Å². The van der Waals surface area contributed by atoms with E-state index in [0.29, 0.717) is 6.04 Å². The lowest BCUT2D eigenvalue weighted by Gasteiger charge is -2.24. The summed E-state index contributed by atoms with van der Waals surface area (Å²) in [6, 6.07) is 9.13. The maximum absolute atomic E-state index is 12.3. The molecule has 1 saturated heterocycles. The highest BCUT2D eigenvalue weighted by Crippen LogP contribution is 2.25. The molecule has 20 heavy (non-hydrogen) atoms. The highest BCUT2D eigenvalue weighted by Gasteiger charge is 2.24. The lowest BCUT2D eigenvalue weighted by atomic mass is 9.83. The smallest absolute Gasteiger partial charge is 0.223 e. The second-order valence-electron chi connectivity index (χ2n) is 6.08. The van der Waals surface area contributed by atoms with E-state index < -0.39 is 0 Å². The summed E-state index contributed by atoms with van der Waals surface area (Å²) in [5.41, 5.74) is 2.78. The largest absolute Gasteiger partial charge is 0.356 e. The van der Waals surface area contributed by atoms with E-state index in [1.807, 2.05) is 0 Å². The van der Waals surface area contributed by atoms with Crippen LogP contribution in [0.2, 0.25) is 0 Å². The maximum atomic E-state index is 12.3. The molecule has 2 N–H and O–H groups in total. The van der Waals surface area contributed by atoms with Crippen molar-refractivity contribution in [2.75, 3.05) is 13.1 Å². The minimum absolute atomic E-state index is 0.168. The van der Waals surface area contributed by atoms with Crippen molar-refractivity contribution < 1.29 is 4.79 Å². The molecule has 0 radical (unpaired) electrons. The molecule has 1 aromatic carbocycles. The molecule has 1 unspecified atom stereocenters. The Morgan fingerprint density at radius 3 is 2.90 bits per heavy atom. The van der Waals surface area contributed by atoms with Gasteiger partial charge in [-0.1, -0.05) is 24.3 Å². The number of rotatable bonds is 4. The predicted octanol–water partition coefficient (Wildman–Crippen LogP) is 2.05. The summed E-state index contributed by atoms with van der Waals surface area (Å²) in [5, 5.41) is 6.60. The van der Waals surface area contributed by atoms with Crippen LogP contribution in [0.25, 0.3) is 0 Å². The molecule has 3 rings (SSSR count). The van der Waals surface area contributed by atoms with Gasteiger partial charge in [-0.05, 0) is 56.2 Å². The molecule has 1 amide bonds. The third-order valence-corrected chi connectivity index (χ3v) is 4.67. The minimum Gasteiger partial charge on any atom is -0.356 e. The van der Waals surface area contributed by atoms with Gasteiger partial charge in [0.2, 0.25) is 5.91 Å². The summed E-state index contributed by atoms with van der Waals surface area (Å²) < 4.78 is 0. The van der Waals surface area contributed by atoms with Gasteiger partial charge in [-0.3, -0.25) is 4.79 Å². The van der Waals surface area contributed by atoms with Crippen LogP contribution in [0, 0.1) is 5.92 Å². The van der Waals surface area contributed by atoms with Gasteiger partial charge < -0.3 is 10.6 Å². The standard InChI is InChI=1S/C17H24N2O/c20-17(19-11-9-16-6-3-10-18-16)15-8-7-13-4-1-2-5-14(13)12-15/h1-2,4-5,15-16,18H,3,6-12H2,(H,19,20)/t15?,16-/m0/s1. The Hall–Kier alpha value is -1.35. The molecule has 3 nitrogen and oxygen atoms in total. The molecule has 108 valence electrons. The topological polar surface area (TPSA) is 41.1 Å². The van der Waals surface area contributed by atoms with Crippen LogP contribution >= 0.6 is 0 Å². The first kappa shape index (κ1) is 13.6. The van der Waals surface area contributed by atoms with E-state index in [-0.39, 0.29) is 11.8 Å². The van der Waals surface area contributed by atoms with Gasteiger partial charge in [0.05, 0.1) is 0 Å². The molecule has 1 aliphatic heterocycles. The zero-order valence-electron chi connectivity index (χ0n) is 12.0. The molecule has 0 saturated carbocycles. The zero-order valence-corrected chi connectivity index (χ0v) is 12.0. The molecule has 1 aliphatic carbocycles. The highest BCUT2D eigenvalue weighted by atomic mass is 16.1. The van der Waals surface area contributed by atoms with Gasteiger partial charge in [-0.15, -0.1) is 0 Å². The molecular weight excluding hydrogens is 248 g/mol. The van der Waals surface area contributed by atoms with Crippen molar-refractivity contribution in [1.82, 2.24) is 10.6 Å². The molecule has 3 heteroatoms. The average Bonchev–Trinajstić information content (AvgIpc) is 3.00. The Morgan fingerprint density at radius 2 is 2.10 bits per heavy atom. The number of benzene rings is 1. The second-order valence-corrected chi connectivity index (χ2v) is 6.08. The van der Waals surface area contributed by atoms with Gasteiger partial charge in [0.15, 0.2) is 0 Å². The number of carbonyl (C=O) groups excluding carboxylic acids is 1. The third kappa shape index (κ3) is 3.21. The van der Waals surface area contributed by atoms with E-state index in [1.165, 1.54) is 24.0 Å². The molecule has 1 fully saturated rings. The average molecular weight is 272 g/mol. The van der Waals surface area contributed by atoms with Crippen molar-refractivity contribution in [1.29, 1.82) is 0 Å². The van der Waals surface area contributed by atoms with Gasteiger partial charge in [-0.2, -0.15) is 0 Å². The van der Waals surface area contributed by atoms with Gasteiger partial charge in [-0.25, -0.2) is 0 Å². The van der Waals surface area contributed by atoms with Crippen molar-refractivity contribution in [2.45, 2.75) is 44.6 Å². The van der Waals surface area contributed by atoms with Crippen LogP contribution in [-0.2, 0) is 17.6 Å². The van der Waals surface area contributed by atoms with E-state index in [4.69, 9.17) is 0 Å². The number of hydrogen-bond acceptors (Lipinski definition) is 2. The quantitative estimate of drug-likeness (QED) is 0.881. The van der Waals surface area contributed by atoms with Gasteiger partial charge in [0.1, 0.15) is 0 Å². The number of nitrogens with one attached hydrogen (secondary N) is 2. The van der Waals surface area contributed by atoms with Crippen LogP contribution in [0.3, 0.4) is 0 Å². The molecule has 0 aromatic heterocycles. The fraction of sp³-hybridized carbons (Fsp3) is 0.588. The summed E-state index contributed by atoms with van der Waals surface area (Å²) in [5.74, 6) is 0.416. The normalized spacial score (nSPS) is 25.2. The van der Waals surface area contributed by atoms with Crippen LogP contribution < -0.4 is 10.6 Å². The fourth-order valence-corrected chi connectivity index (χ4v) is 3.44. The summed E-state index contributed by atoms with van der Waals surface area (Å²) in [6.45, 7) is 1.95. The van der Waals surface area contributed by atoms with E-state index in [2.05, 4.69) is 34.9 Å². The Kier molecular flexibility index (Phi) is 4.36. The first-order valence-corrected chi connectivity index (χ1v) is 7.91. The number of fused-ring (bicyclic) bond motifs is 1. The number of aryl methyl sites for hydroxylation is 1. The Morgan fingerprint density at radius 1 is 1.25 bits per heavy atom. The minimum atomic E-state index is 0.168. The zero-order chi connectivity index (χ0) is 13.8. The van der Waals surface area contributed by atoms with Crippen molar-refractivity contribution in [3.8, 4) is 0 Å². The highest BCUT2D eigenvalue weighted by molar-refractivity contribution is 5.79. The molecule has 2 aliphatic rings. The molecular formula is C17H24N2O. The van der Waals surface area contributed by atoms with E-state index >= 15 is 0 Å². The van der Waals surface area contributed by atoms with Gasteiger partial charge >= 0.3 is 0 Å². The summed E-state index contributed by atoms with van der Waals surface area (Å²) in [4.78, 5) is 12.3.